The maximum Gasteiger partial charge on any atom is 0.254 e. The van der Waals surface area contributed by atoms with E-state index < -0.39 is 0 Å². The minimum Gasteiger partial charge on any atom is -0.492 e. The monoisotopic (exact) mass is 462 g/mol. The first kappa shape index (κ1) is 21.6. The highest BCUT2D eigenvalue weighted by Crippen LogP contribution is 2.27. The molecule has 3 aromatic rings. The predicted octanol–water partition coefficient (Wildman–Crippen LogP) is 5.63. The van der Waals surface area contributed by atoms with E-state index in [1.807, 2.05) is 54.6 Å². The van der Waals surface area contributed by atoms with Crippen molar-refractivity contribution in [1.82, 2.24) is 4.90 Å². The van der Waals surface area contributed by atoms with Gasteiger partial charge in [0.15, 0.2) is 0 Å². The average molecular weight is 463 g/mol. The molecule has 0 aliphatic heterocycles. The Morgan fingerprint density at radius 2 is 1.63 bits per heavy atom. The second-order valence-corrected chi connectivity index (χ2v) is 7.70. The predicted molar refractivity (Wildman–Crippen MR) is 121 cm³/mol. The zero-order valence-corrected chi connectivity index (χ0v) is 18.2. The molecule has 30 heavy (non-hydrogen) atoms. The van der Waals surface area contributed by atoms with Gasteiger partial charge in [0.1, 0.15) is 5.75 Å². The Balaban J connectivity index is 1.66. The largest absolute Gasteiger partial charge is 0.492 e. The smallest absolute Gasteiger partial charge is 0.254 e. The molecule has 0 saturated carbocycles. The Labute approximate surface area is 185 Å². The molecule has 0 aliphatic rings. The molecule has 0 unspecified atom stereocenters. The van der Waals surface area contributed by atoms with Gasteiger partial charge in [-0.3, -0.25) is 4.79 Å². The first-order chi connectivity index (χ1) is 14.7. The summed E-state index contributed by atoms with van der Waals surface area (Å²) in [6.07, 6.45) is 1.10. The Morgan fingerprint density at radius 3 is 2.27 bits per heavy atom. The normalized spacial score (nSPS) is 10.3. The first-order valence-corrected chi connectivity index (χ1v) is 10.6. The molecule has 1 amide bonds. The molecule has 0 fully saturated rings. The van der Waals surface area contributed by atoms with E-state index in [0.29, 0.717) is 37.4 Å². The van der Waals surface area contributed by atoms with Crippen LogP contribution in [0.3, 0.4) is 0 Å². The summed E-state index contributed by atoms with van der Waals surface area (Å²) in [5.74, 6) is 0.597. The van der Waals surface area contributed by atoms with Crippen LogP contribution in [-0.2, 0) is 13.0 Å². The number of halogens is 1. The van der Waals surface area contributed by atoms with Crippen LogP contribution in [0.4, 0.5) is 0 Å². The number of ether oxygens (including phenoxy) is 1. The summed E-state index contributed by atoms with van der Waals surface area (Å²) < 4.78 is 6.62. The molecule has 0 aromatic heterocycles. The van der Waals surface area contributed by atoms with Crippen LogP contribution >= 0.6 is 15.9 Å². The minimum atomic E-state index is -0.106. The minimum absolute atomic E-state index is 0.106. The molecule has 4 nitrogen and oxygen atoms in total. The lowest BCUT2D eigenvalue weighted by Crippen LogP contribution is -2.31. The van der Waals surface area contributed by atoms with Gasteiger partial charge in [-0.15, -0.1) is 0 Å². The number of benzene rings is 3. The maximum absolute atomic E-state index is 13.1. The van der Waals surface area contributed by atoms with Gasteiger partial charge in [-0.05, 0) is 45.3 Å². The summed E-state index contributed by atoms with van der Waals surface area (Å²) in [6, 6.07) is 27.4. The molecule has 0 spiro atoms. The Kier molecular flexibility index (Phi) is 8.05. The molecule has 0 heterocycles. The van der Waals surface area contributed by atoms with Crippen LogP contribution in [0, 0.1) is 11.3 Å². The fourth-order valence-electron chi connectivity index (χ4n) is 3.10. The second kappa shape index (κ2) is 11.2. The summed E-state index contributed by atoms with van der Waals surface area (Å²) in [5, 5.41) is 8.97. The fourth-order valence-corrected chi connectivity index (χ4v) is 3.59. The summed E-state index contributed by atoms with van der Waals surface area (Å²) >= 11 is 3.52. The third-order valence-corrected chi connectivity index (χ3v) is 5.29. The van der Waals surface area contributed by atoms with Crippen molar-refractivity contribution >= 4 is 21.8 Å². The van der Waals surface area contributed by atoms with Gasteiger partial charge < -0.3 is 9.64 Å². The van der Waals surface area contributed by atoms with Crippen molar-refractivity contribution in [3.8, 4) is 11.8 Å². The molecular weight excluding hydrogens is 440 g/mol. The lowest BCUT2D eigenvalue weighted by molar-refractivity contribution is 0.0746. The van der Waals surface area contributed by atoms with Crippen LogP contribution in [0.5, 0.6) is 5.75 Å². The molecule has 0 saturated heterocycles. The number of hydrogen-bond acceptors (Lipinski definition) is 3. The van der Waals surface area contributed by atoms with Gasteiger partial charge in [-0.2, -0.15) is 5.26 Å². The van der Waals surface area contributed by atoms with Gasteiger partial charge in [0.25, 0.3) is 5.91 Å². The average Bonchev–Trinajstić information content (AvgIpc) is 2.78. The highest BCUT2D eigenvalue weighted by molar-refractivity contribution is 9.10. The van der Waals surface area contributed by atoms with Crippen LogP contribution in [0.2, 0.25) is 0 Å². The first-order valence-electron chi connectivity index (χ1n) is 9.84. The maximum atomic E-state index is 13.1. The molecule has 5 heteroatoms. The van der Waals surface area contributed by atoms with E-state index in [1.165, 1.54) is 5.56 Å². The number of amides is 1. The molecule has 3 aromatic carbocycles. The number of hydrogen-bond donors (Lipinski definition) is 0. The van der Waals surface area contributed by atoms with Crippen molar-refractivity contribution in [2.24, 2.45) is 0 Å². The van der Waals surface area contributed by atoms with E-state index in [4.69, 9.17) is 10.00 Å². The van der Waals surface area contributed by atoms with Gasteiger partial charge in [0.2, 0.25) is 0 Å². The van der Waals surface area contributed by atoms with Crippen molar-refractivity contribution in [3.63, 3.8) is 0 Å². The van der Waals surface area contributed by atoms with Crippen molar-refractivity contribution in [1.29, 1.82) is 5.26 Å². The SMILES string of the molecule is N#CCCN(Cc1ccccc1)C(=O)c1ccc(OCCc2ccccc2)c(Br)c1. The number of rotatable bonds is 9. The van der Waals surface area contributed by atoms with E-state index in [2.05, 4.69) is 34.1 Å². The highest BCUT2D eigenvalue weighted by atomic mass is 79.9. The topological polar surface area (TPSA) is 53.3 Å². The molecule has 0 atom stereocenters. The highest BCUT2D eigenvalue weighted by Gasteiger charge is 2.17. The van der Waals surface area contributed by atoms with Crippen molar-refractivity contribution in [2.45, 2.75) is 19.4 Å². The van der Waals surface area contributed by atoms with Gasteiger partial charge in [0.05, 0.1) is 23.6 Å². The third-order valence-electron chi connectivity index (χ3n) is 4.67. The third kappa shape index (κ3) is 6.20. The summed E-state index contributed by atoms with van der Waals surface area (Å²) in [6.45, 7) is 1.41. The molecule has 0 aliphatic carbocycles. The van der Waals surface area contributed by atoms with Gasteiger partial charge in [0, 0.05) is 25.1 Å². The van der Waals surface area contributed by atoms with Crippen LogP contribution < -0.4 is 4.74 Å². The molecule has 0 bridgehead atoms. The van der Waals surface area contributed by atoms with E-state index in [-0.39, 0.29) is 5.91 Å². The summed E-state index contributed by atoms with van der Waals surface area (Å²) in [4.78, 5) is 14.8. The number of carbonyl (C=O) groups is 1. The van der Waals surface area contributed by atoms with Gasteiger partial charge >= 0.3 is 0 Å². The standard InChI is InChI=1S/C25H23BrN2O2/c26-23-18-22(12-13-24(23)30-17-14-20-8-3-1-4-9-20)25(29)28(16-7-15-27)19-21-10-5-2-6-11-21/h1-6,8-13,18H,7,14,16-17,19H2. The fraction of sp³-hybridized carbons (Fsp3) is 0.200. The second-order valence-electron chi connectivity index (χ2n) is 6.85. The van der Waals surface area contributed by atoms with Crippen molar-refractivity contribution in [2.75, 3.05) is 13.2 Å². The lowest BCUT2D eigenvalue weighted by Gasteiger charge is -2.22. The van der Waals surface area contributed by atoms with E-state index >= 15 is 0 Å². The van der Waals surface area contributed by atoms with Crippen molar-refractivity contribution in [3.05, 3.63) is 100 Å². The Bertz CT molecular complexity index is 1000. The number of nitriles is 1. The van der Waals surface area contributed by atoms with E-state index in [1.54, 1.807) is 17.0 Å². The molecule has 152 valence electrons. The zero-order chi connectivity index (χ0) is 21.2. The summed E-state index contributed by atoms with van der Waals surface area (Å²) in [7, 11) is 0. The molecule has 3 rings (SSSR count). The Morgan fingerprint density at radius 1 is 0.967 bits per heavy atom. The Hall–Kier alpha value is -3.10. The van der Waals surface area contributed by atoms with Crippen LogP contribution in [-0.4, -0.2) is 24.0 Å². The van der Waals surface area contributed by atoms with E-state index in [9.17, 15) is 4.79 Å². The van der Waals surface area contributed by atoms with Crippen LogP contribution in [0.15, 0.2) is 83.3 Å². The summed E-state index contributed by atoms with van der Waals surface area (Å²) in [5.41, 5.74) is 2.81. The molecule has 0 radical (unpaired) electrons. The molecule has 0 N–H and O–H groups in total. The number of carbonyl (C=O) groups excluding carboxylic acids is 1. The van der Waals surface area contributed by atoms with Gasteiger partial charge in [-0.25, -0.2) is 0 Å². The number of nitrogens with zero attached hydrogens (tertiary/aromatic N) is 2. The van der Waals surface area contributed by atoms with E-state index in [0.717, 1.165) is 16.5 Å². The van der Waals surface area contributed by atoms with Crippen LogP contribution in [0.1, 0.15) is 27.9 Å². The van der Waals surface area contributed by atoms with Crippen LogP contribution in [0.25, 0.3) is 0 Å². The quantitative estimate of drug-likeness (QED) is 0.414. The lowest BCUT2D eigenvalue weighted by atomic mass is 10.1. The zero-order valence-electron chi connectivity index (χ0n) is 16.6. The molecular formula is C25H23BrN2O2. The van der Waals surface area contributed by atoms with Crippen molar-refractivity contribution < 1.29 is 9.53 Å². The van der Waals surface area contributed by atoms with Gasteiger partial charge in [-0.1, -0.05) is 60.7 Å².